The monoisotopic (exact) mass is 335 g/mol. The topological polar surface area (TPSA) is 91.3 Å². The number of ether oxygens (including phenoxy) is 1. The second-order valence-electron chi connectivity index (χ2n) is 5.53. The highest BCUT2D eigenvalue weighted by Crippen LogP contribution is 2.42. The van der Waals surface area contributed by atoms with E-state index in [0.29, 0.717) is 39.5 Å². The summed E-state index contributed by atoms with van der Waals surface area (Å²) in [7, 11) is 1.57. The number of nitrogen functional groups attached to an aromatic ring is 1. The van der Waals surface area contributed by atoms with Crippen molar-refractivity contribution in [2.75, 3.05) is 12.8 Å². The van der Waals surface area contributed by atoms with Crippen LogP contribution < -0.4 is 10.5 Å². The average molecular weight is 335 g/mol. The van der Waals surface area contributed by atoms with Crippen LogP contribution in [0.2, 0.25) is 0 Å². The van der Waals surface area contributed by atoms with Crippen LogP contribution in [-0.2, 0) is 0 Å². The molecule has 0 spiro atoms. The maximum atomic E-state index is 11.9. The third kappa shape index (κ3) is 3.01. The van der Waals surface area contributed by atoms with Gasteiger partial charge in [0.05, 0.1) is 29.0 Å². The molecule has 0 aliphatic heterocycles. The lowest BCUT2D eigenvalue weighted by atomic mass is 9.97. The Hall–Kier alpha value is -3.41. The first-order chi connectivity index (χ1) is 12.0. The average Bonchev–Trinajstić information content (AvgIpc) is 2.64. The molecule has 126 valence electrons. The standard InChI is InChI=1S/C19H17N3O3/c1-12-17(20)16(13-8-10-15(25-2)11-9-13)19(22(23)24)18(21-12)14-6-4-3-5-7-14/h3-11H,20H2,1-2H3. The SMILES string of the molecule is COc1ccc(-c2c(N)c(C)nc(-c3ccccc3)c2[N+](=O)[O-])cc1. The molecular formula is C19H17N3O3. The number of anilines is 1. The maximum Gasteiger partial charge on any atom is 0.305 e. The first-order valence-electron chi connectivity index (χ1n) is 7.67. The lowest BCUT2D eigenvalue weighted by Gasteiger charge is -2.13. The number of hydrogen-bond acceptors (Lipinski definition) is 5. The summed E-state index contributed by atoms with van der Waals surface area (Å²) in [5.41, 5.74) is 8.93. The van der Waals surface area contributed by atoms with Crippen LogP contribution in [0.1, 0.15) is 5.69 Å². The van der Waals surface area contributed by atoms with Crippen molar-refractivity contribution in [3.05, 3.63) is 70.4 Å². The first kappa shape index (κ1) is 16.4. The van der Waals surface area contributed by atoms with Gasteiger partial charge < -0.3 is 10.5 Å². The summed E-state index contributed by atoms with van der Waals surface area (Å²) in [6, 6.07) is 16.1. The lowest BCUT2D eigenvalue weighted by Crippen LogP contribution is -2.05. The molecule has 0 aliphatic rings. The molecule has 3 aromatic rings. The van der Waals surface area contributed by atoms with E-state index in [4.69, 9.17) is 10.5 Å². The van der Waals surface area contributed by atoms with Gasteiger partial charge in [-0.15, -0.1) is 0 Å². The Bertz CT molecular complexity index is 923. The van der Waals surface area contributed by atoms with Crippen LogP contribution in [0, 0.1) is 17.0 Å². The molecule has 1 aromatic heterocycles. The van der Waals surface area contributed by atoms with E-state index < -0.39 is 4.92 Å². The van der Waals surface area contributed by atoms with Gasteiger partial charge in [0.25, 0.3) is 0 Å². The predicted molar refractivity (Wildman–Crippen MR) is 97.5 cm³/mol. The molecule has 0 atom stereocenters. The largest absolute Gasteiger partial charge is 0.497 e. The van der Waals surface area contributed by atoms with E-state index in [1.165, 1.54) is 0 Å². The number of pyridine rings is 1. The fourth-order valence-electron chi connectivity index (χ4n) is 2.73. The number of aromatic nitrogens is 1. The zero-order valence-corrected chi connectivity index (χ0v) is 13.9. The third-order valence-corrected chi connectivity index (χ3v) is 4.01. The van der Waals surface area contributed by atoms with Crippen LogP contribution in [0.5, 0.6) is 5.75 Å². The Morgan fingerprint density at radius 1 is 1.04 bits per heavy atom. The van der Waals surface area contributed by atoms with Gasteiger partial charge in [-0.05, 0) is 24.6 Å². The maximum absolute atomic E-state index is 11.9. The third-order valence-electron chi connectivity index (χ3n) is 4.01. The van der Waals surface area contributed by atoms with Gasteiger partial charge in [-0.2, -0.15) is 0 Å². The summed E-state index contributed by atoms with van der Waals surface area (Å²) < 4.78 is 5.15. The molecule has 0 radical (unpaired) electrons. The van der Waals surface area contributed by atoms with Crippen molar-refractivity contribution in [1.29, 1.82) is 0 Å². The summed E-state index contributed by atoms with van der Waals surface area (Å²) in [4.78, 5) is 15.8. The highest BCUT2D eigenvalue weighted by Gasteiger charge is 2.27. The number of hydrogen-bond donors (Lipinski definition) is 1. The number of benzene rings is 2. The zero-order chi connectivity index (χ0) is 18.0. The molecule has 0 aliphatic carbocycles. The second-order valence-corrected chi connectivity index (χ2v) is 5.53. The predicted octanol–water partition coefficient (Wildman–Crippen LogP) is 4.22. The minimum Gasteiger partial charge on any atom is -0.497 e. The number of nitro groups is 1. The summed E-state index contributed by atoms with van der Waals surface area (Å²) in [5, 5.41) is 11.9. The number of rotatable bonds is 4. The molecule has 0 fully saturated rings. The van der Waals surface area contributed by atoms with Crippen molar-refractivity contribution in [2.24, 2.45) is 0 Å². The normalized spacial score (nSPS) is 10.5. The second kappa shape index (κ2) is 6.60. The van der Waals surface area contributed by atoms with Crippen molar-refractivity contribution in [1.82, 2.24) is 4.98 Å². The van der Waals surface area contributed by atoms with Gasteiger partial charge in [-0.1, -0.05) is 42.5 Å². The fourth-order valence-corrected chi connectivity index (χ4v) is 2.73. The van der Waals surface area contributed by atoms with Gasteiger partial charge in [0.1, 0.15) is 11.4 Å². The van der Waals surface area contributed by atoms with Crippen molar-refractivity contribution in [3.63, 3.8) is 0 Å². The van der Waals surface area contributed by atoms with Gasteiger partial charge in [0.2, 0.25) is 0 Å². The van der Waals surface area contributed by atoms with Crippen LogP contribution in [0.25, 0.3) is 22.4 Å². The molecule has 0 saturated heterocycles. The van der Waals surface area contributed by atoms with Crippen molar-refractivity contribution < 1.29 is 9.66 Å². The number of aryl methyl sites for hydroxylation is 1. The van der Waals surface area contributed by atoms with E-state index in [1.807, 2.05) is 18.2 Å². The molecule has 0 amide bonds. The molecule has 1 heterocycles. The molecule has 2 aromatic carbocycles. The van der Waals surface area contributed by atoms with Gasteiger partial charge in [0.15, 0.2) is 0 Å². The molecule has 6 nitrogen and oxygen atoms in total. The molecule has 6 heteroatoms. The van der Waals surface area contributed by atoms with Crippen LogP contribution in [0.4, 0.5) is 11.4 Å². The van der Waals surface area contributed by atoms with Crippen molar-refractivity contribution in [2.45, 2.75) is 6.92 Å². The zero-order valence-electron chi connectivity index (χ0n) is 13.9. The number of methoxy groups -OCH3 is 1. The van der Waals surface area contributed by atoms with E-state index in [0.717, 1.165) is 0 Å². The Morgan fingerprint density at radius 2 is 1.68 bits per heavy atom. The summed E-state index contributed by atoms with van der Waals surface area (Å²) >= 11 is 0. The Morgan fingerprint density at radius 3 is 2.24 bits per heavy atom. The summed E-state index contributed by atoms with van der Waals surface area (Å²) in [6.45, 7) is 1.75. The smallest absolute Gasteiger partial charge is 0.305 e. The molecule has 0 bridgehead atoms. The number of nitrogens with two attached hydrogens (primary N) is 1. The van der Waals surface area contributed by atoms with Crippen LogP contribution in [0.15, 0.2) is 54.6 Å². The van der Waals surface area contributed by atoms with E-state index >= 15 is 0 Å². The van der Waals surface area contributed by atoms with E-state index in [1.54, 1.807) is 50.4 Å². The lowest BCUT2D eigenvalue weighted by molar-refractivity contribution is -0.383. The van der Waals surface area contributed by atoms with Gasteiger partial charge >= 0.3 is 5.69 Å². The quantitative estimate of drug-likeness (QED) is 0.569. The highest BCUT2D eigenvalue weighted by atomic mass is 16.6. The Kier molecular flexibility index (Phi) is 4.35. The number of nitrogens with zero attached hydrogens (tertiary/aromatic N) is 2. The van der Waals surface area contributed by atoms with Gasteiger partial charge in [-0.25, -0.2) is 4.98 Å². The van der Waals surface area contributed by atoms with Crippen molar-refractivity contribution >= 4 is 11.4 Å². The molecule has 3 rings (SSSR count). The Labute approximate surface area is 145 Å². The molecule has 0 saturated carbocycles. The highest BCUT2D eigenvalue weighted by molar-refractivity contribution is 5.92. The van der Waals surface area contributed by atoms with Crippen molar-refractivity contribution in [3.8, 4) is 28.1 Å². The van der Waals surface area contributed by atoms with E-state index in [9.17, 15) is 10.1 Å². The summed E-state index contributed by atoms with van der Waals surface area (Å²) in [5.74, 6) is 0.666. The molecule has 25 heavy (non-hydrogen) atoms. The first-order valence-corrected chi connectivity index (χ1v) is 7.67. The van der Waals surface area contributed by atoms with E-state index in [2.05, 4.69) is 4.98 Å². The molecular weight excluding hydrogens is 318 g/mol. The van der Waals surface area contributed by atoms with Gasteiger partial charge in [0, 0.05) is 5.56 Å². The van der Waals surface area contributed by atoms with Crippen LogP contribution in [-0.4, -0.2) is 17.0 Å². The molecule has 0 unspecified atom stereocenters. The van der Waals surface area contributed by atoms with Crippen LogP contribution >= 0.6 is 0 Å². The minimum absolute atomic E-state index is 0.0977. The summed E-state index contributed by atoms with van der Waals surface area (Å²) in [6.07, 6.45) is 0. The van der Waals surface area contributed by atoms with Crippen LogP contribution in [0.3, 0.4) is 0 Å². The van der Waals surface area contributed by atoms with E-state index in [-0.39, 0.29) is 5.69 Å². The Balaban J connectivity index is 2.33. The fraction of sp³-hybridized carbons (Fsp3) is 0.105. The minimum atomic E-state index is -0.426. The molecule has 2 N–H and O–H groups in total. The van der Waals surface area contributed by atoms with Gasteiger partial charge in [-0.3, -0.25) is 10.1 Å².